The van der Waals surface area contributed by atoms with Gasteiger partial charge in [-0.05, 0) is 48.7 Å². The lowest BCUT2D eigenvalue weighted by atomic mass is 10.2. The van der Waals surface area contributed by atoms with Gasteiger partial charge in [0.25, 0.3) is 0 Å². The van der Waals surface area contributed by atoms with Gasteiger partial charge in [-0.25, -0.2) is 9.18 Å². The van der Waals surface area contributed by atoms with Crippen molar-refractivity contribution in [2.45, 2.75) is 25.4 Å². The molecule has 3 nitrogen and oxygen atoms in total. The lowest BCUT2D eigenvalue weighted by molar-refractivity contribution is 0.206. The SMILES string of the molecule is O=C(Nc1cccc(Cl)c1)N(Cc1ccc(F)cc1)C1CC1. The number of benzene rings is 2. The van der Waals surface area contributed by atoms with Crippen molar-refractivity contribution >= 4 is 23.3 Å². The summed E-state index contributed by atoms with van der Waals surface area (Å²) in [6.45, 7) is 0.470. The van der Waals surface area contributed by atoms with E-state index in [-0.39, 0.29) is 17.9 Å². The smallest absolute Gasteiger partial charge is 0.317 e. The van der Waals surface area contributed by atoms with Crippen LogP contribution in [0, 0.1) is 5.82 Å². The molecule has 2 amide bonds. The van der Waals surface area contributed by atoms with Gasteiger partial charge in [-0.2, -0.15) is 0 Å². The second kappa shape index (κ2) is 6.36. The fourth-order valence-electron chi connectivity index (χ4n) is 2.30. The molecule has 2 aromatic rings. The topological polar surface area (TPSA) is 32.3 Å². The predicted octanol–water partition coefficient (Wildman–Crippen LogP) is 4.68. The minimum absolute atomic E-state index is 0.158. The highest BCUT2D eigenvalue weighted by atomic mass is 35.5. The molecule has 1 aliphatic rings. The third-order valence-corrected chi connectivity index (χ3v) is 3.83. The zero-order valence-electron chi connectivity index (χ0n) is 11.9. The number of nitrogens with one attached hydrogen (secondary N) is 1. The van der Waals surface area contributed by atoms with Crippen molar-refractivity contribution in [3.8, 4) is 0 Å². The fraction of sp³-hybridized carbons (Fsp3) is 0.235. The van der Waals surface area contributed by atoms with Gasteiger partial charge in [-0.1, -0.05) is 29.8 Å². The third-order valence-electron chi connectivity index (χ3n) is 3.59. The van der Waals surface area contributed by atoms with E-state index in [4.69, 9.17) is 11.6 Å². The molecule has 3 rings (SSSR count). The second-order valence-electron chi connectivity index (χ2n) is 5.43. The number of carbonyl (C=O) groups is 1. The molecular weight excluding hydrogens is 303 g/mol. The van der Waals surface area contributed by atoms with Crippen LogP contribution in [0.1, 0.15) is 18.4 Å². The van der Waals surface area contributed by atoms with Crippen molar-refractivity contribution in [3.05, 3.63) is 64.9 Å². The van der Waals surface area contributed by atoms with Crippen LogP contribution in [0.5, 0.6) is 0 Å². The average Bonchev–Trinajstić information content (AvgIpc) is 3.31. The first kappa shape index (κ1) is 14.9. The Hall–Kier alpha value is -2.07. The molecule has 2 aromatic carbocycles. The summed E-state index contributed by atoms with van der Waals surface area (Å²) in [7, 11) is 0. The quantitative estimate of drug-likeness (QED) is 0.872. The van der Waals surface area contributed by atoms with Crippen LogP contribution in [-0.2, 0) is 6.54 Å². The van der Waals surface area contributed by atoms with Gasteiger partial charge in [0.15, 0.2) is 0 Å². The number of carbonyl (C=O) groups excluding carboxylic acids is 1. The number of amides is 2. The molecule has 0 aromatic heterocycles. The molecule has 0 aliphatic heterocycles. The van der Waals surface area contributed by atoms with E-state index in [1.165, 1.54) is 12.1 Å². The Balaban J connectivity index is 1.70. The van der Waals surface area contributed by atoms with E-state index in [1.54, 1.807) is 41.3 Å². The van der Waals surface area contributed by atoms with Crippen LogP contribution in [0.3, 0.4) is 0 Å². The lowest BCUT2D eigenvalue weighted by Crippen LogP contribution is -2.36. The summed E-state index contributed by atoms with van der Waals surface area (Å²) in [5, 5.41) is 3.44. The molecule has 0 heterocycles. The van der Waals surface area contributed by atoms with Crippen LogP contribution in [-0.4, -0.2) is 17.0 Å². The molecule has 0 spiro atoms. The Kier molecular flexibility index (Phi) is 4.29. The van der Waals surface area contributed by atoms with Crippen LogP contribution >= 0.6 is 11.6 Å². The number of nitrogens with zero attached hydrogens (tertiary/aromatic N) is 1. The monoisotopic (exact) mass is 318 g/mol. The molecule has 0 radical (unpaired) electrons. The van der Waals surface area contributed by atoms with Crippen molar-refractivity contribution in [1.29, 1.82) is 0 Å². The van der Waals surface area contributed by atoms with Gasteiger partial charge in [0, 0.05) is 23.3 Å². The van der Waals surface area contributed by atoms with Crippen LogP contribution in [0.2, 0.25) is 5.02 Å². The summed E-state index contributed by atoms with van der Waals surface area (Å²) in [5.74, 6) is -0.273. The van der Waals surface area contributed by atoms with Crippen LogP contribution in [0.25, 0.3) is 0 Å². The minimum atomic E-state index is -0.273. The highest BCUT2D eigenvalue weighted by Gasteiger charge is 2.32. The predicted molar refractivity (Wildman–Crippen MR) is 85.4 cm³/mol. The van der Waals surface area contributed by atoms with Crippen molar-refractivity contribution in [1.82, 2.24) is 4.90 Å². The Morgan fingerprint density at radius 2 is 1.95 bits per heavy atom. The summed E-state index contributed by atoms with van der Waals surface area (Å²) in [6.07, 6.45) is 2.01. The van der Waals surface area contributed by atoms with Crippen molar-refractivity contribution < 1.29 is 9.18 Å². The number of anilines is 1. The molecule has 0 atom stereocenters. The summed E-state index contributed by atoms with van der Waals surface area (Å²) >= 11 is 5.93. The van der Waals surface area contributed by atoms with E-state index in [2.05, 4.69) is 5.32 Å². The maximum Gasteiger partial charge on any atom is 0.322 e. The minimum Gasteiger partial charge on any atom is -0.317 e. The summed E-state index contributed by atoms with van der Waals surface area (Å²) in [5.41, 5.74) is 1.58. The number of halogens is 2. The maximum absolute atomic E-state index is 13.0. The third kappa shape index (κ3) is 3.77. The van der Waals surface area contributed by atoms with E-state index in [0.717, 1.165) is 18.4 Å². The molecule has 5 heteroatoms. The van der Waals surface area contributed by atoms with E-state index in [0.29, 0.717) is 17.3 Å². The molecule has 1 N–H and O–H groups in total. The summed E-state index contributed by atoms with van der Waals surface area (Å²) in [4.78, 5) is 14.3. The average molecular weight is 319 g/mol. The number of urea groups is 1. The molecular formula is C17H16ClFN2O. The van der Waals surface area contributed by atoms with Gasteiger partial charge in [0.1, 0.15) is 5.82 Å². The van der Waals surface area contributed by atoms with Crippen LogP contribution in [0.4, 0.5) is 14.9 Å². The largest absolute Gasteiger partial charge is 0.322 e. The van der Waals surface area contributed by atoms with Crippen molar-refractivity contribution in [3.63, 3.8) is 0 Å². The first-order valence-electron chi connectivity index (χ1n) is 7.19. The Bertz CT molecular complexity index is 671. The Labute approximate surface area is 133 Å². The Morgan fingerprint density at radius 3 is 2.59 bits per heavy atom. The van der Waals surface area contributed by atoms with E-state index >= 15 is 0 Å². The zero-order valence-corrected chi connectivity index (χ0v) is 12.7. The van der Waals surface area contributed by atoms with Gasteiger partial charge >= 0.3 is 6.03 Å². The second-order valence-corrected chi connectivity index (χ2v) is 5.86. The molecule has 22 heavy (non-hydrogen) atoms. The van der Waals surface area contributed by atoms with E-state index < -0.39 is 0 Å². The molecule has 0 unspecified atom stereocenters. The van der Waals surface area contributed by atoms with E-state index in [9.17, 15) is 9.18 Å². The standard InChI is InChI=1S/C17H16ClFN2O/c18-13-2-1-3-15(10-13)20-17(22)21(16-8-9-16)11-12-4-6-14(19)7-5-12/h1-7,10,16H,8-9,11H2,(H,20,22). The molecule has 0 bridgehead atoms. The Morgan fingerprint density at radius 1 is 1.23 bits per heavy atom. The first-order chi connectivity index (χ1) is 10.6. The molecule has 114 valence electrons. The lowest BCUT2D eigenvalue weighted by Gasteiger charge is -2.23. The van der Waals surface area contributed by atoms with Crippen LogP contribution < -0.4 is 5.32 Å². The van der Waals surface area contributed by atoms with Gasteiger partial charge in [-0.3, -0.25) is 0 Å². The van der Waals surface area contributed by atoms with Gasteiger partial charge < -0.3 is 10.2 Å². The van der Waals surface area contributed by atoms with Gasteiger partial charge in [-0.15, -0.1) is 0 Å². The maximum atomic E-state index is 13.0. The van der Waals surface area contributed by atoms with Crippen molar-refractivity contribution in [2.75, 3.05) is 5.32 Å². The fourth-order valence-corrected chi connectivity index (χ4v) is 2.49. The number of hydrogen-bond donors (Lipinski definition) is 1. The highest BCUT2D eigenvalue weighted by molar-refractivity contribution is 6.30. The number of hydrogen-bond acceptors (Lipinski definition) is 1. The molecule has 1 aliphatic carbocycles. The van der Waals surface area contributed by atoms with Crippen LogP contribution in [0.15, 0.2) is 48.5 Å². The van der Waals surface area contributed by atoms with E-state index in [1.807, 2.05) is 0 Å². The first-order valence-corrected chi connectivity index (χ1v) is 7.57. The molecule has 1 fully saturated rings. The molecule has 1 saturated carbocycles. The zero-order chi connectivity index (χ0) is 15.5. The van der Waals surface area contributed by atoms with Gasteiger partial charge in [0.05, 0.1) is 0 Å². The summed E-state index contributed by atoms with van der Waals surface area (Å²) < 4.78 is 13.0. The molecule has 0 saturated heterocycles. The number of rotatable bonds is 4. The van der Waals surface area contributed by atoms with Gasteiger partial charge in [0.2, 0.25) is 0 Å². The van der Waals surface area contributed by atoms with Crippen molar-refractivity contribution in [2.24, 2.45) is 0 Å². The highest BCUT2D eigenvalue weighted by Crippen LogP contribution is 2.29. The summed E-state index contributed by atoms with van der Waals surface area (Å²) in [6, 6.07) is 13.4. The normalized spacial score (nSPS) is 13.7.